The van der Waals surface area contributed by atoms with Gasteiger partial charge in [0.25, 0.3) is 5.91 Å². The molecular weight excluding hydrogens is 334 g/mol. The Hall–Kier alpha value is -3.18. The molecule has 3 rings (SSSR count). The molecule has 0 fully saturated rings. The number of benzene rings is 2. The van der Waals surface area contributed by atoms with Gasteiger partial charge in [-0.25, -0.2) is 4.79 Å². The van der Waals surface area contributed by atoms with Gasteiger partial charge in [0, 0.05) is 15.3 Å². The number of carbonyl (C=O) groups is 2. The van der Waals surface area contributed by atoms with Crippen molar-refractivity contribution in [2.75, 3.05) is 0 Å². The number of aliphatic carboxylic acids is 1. The largest absolute Gasteiger partial charge is 0.477 e. The van der Waals surface area contributed by atoms with Crippen LogP contribution in [0.1, 0.15) is 15.2 Å². The lowest BCUT2D eigenvalue weighted by atomic mass is 10.2. The average molecular weight is 349 g/mol. The van der Waals surface area contributed by atoms with E-state index in [1.807, 2.05) is 42.5 Å². The Bertz CT molecular complexity index is 914. The Morgan fingerprint density at radius 2 is 1.52 bits per heavy atom. The lowest BCUT2D eigenvalue weighted by molar-refractivity contribution is -0.132. The van der Waals surface area contributed by atoms with Crippen molar-refractivity contribution in [1.29, 1.82) is 0 Å². The third-order valence-electron chi connectivity index (χ3n) is 3.49. The number of carbonyl (C=O) groups excluding carboxylic acids is 1. The SMILES string of the molecule is O=C(O)/C(=C\c1ccc(-c2ccccc2)s1)NC(=O)c1ccccc1. The van der Waals surface area contributed by atoms with Crippen LogP contribution in [0.4, 0.5) is 0 Å². The zero-order valence-corrected chi connectivity index (χ0v) is 14.0. The highest BCUT2D eigenvalue weighted by molar-refractivity contribution is 7.16. The quantitative estimate of drug-likeness (QED) is 0.676. The summed E-state index contributed by atoms with van der Waals surface area (Å²) >= 11 is 1.46. The first-order valence-corrected chi connectivity index (χ1v) is 8.42. The van der Waals surface area contributed by atoms with Crippen LogP contribution >= 0.6 is 11.3 Å². The fraction of sp³-hybridized carbons (Fsp3) is 0. The second kappa shape index (κ2) is 7.59. The van der Waals surface area contributed by atoms with Gasteiger partial charge in [-0.1, -0.05) is 48.5 Å². The van der Waals surface area contributed by atoms with Crippen LogP contribution in [0.5, 0.6) is 0 Å². The van der Waals surface area contributed by atoms with Gasteiger partial charge in [0.05, 0.1) is 0 Å². The van der Waals surface area contributed by atoms with Gasteiger partial charge in [0.2, 0.25) is 0 Å². The molecule has 0 radical (unpaired) electrons. The molecule has 0 saturated heterocycles. The summed E-state index contributed by atoms with van der Waals surface area (Å²) < 4.78 is 0. The molecule has 4 nitrogen and oxygen atoms in total. The van der Waals surface area contributed by atoms with Crippen molar-refractivity contribution in [3.63, 3.8) is 0 Å². The molecule has 0 saturated carbocycles. The molecule has 0 unspecified atom stereocenters. The monoisotopic (exact) mass is 349 g/mol. The molecule has 5 heteroatoms. The molecule has 1 aromatic heterocycles. The smallest absolute Gasteiger partial charge is 0.352 e. The molecule has 0 aliphatic rings. The zero-order valence-electron chi connectivity index (χ0n) is 13.2. The molecule has 1 amide bonds. The van der Waals surface area contributed by atoms with E-state index in [4.69, 9.17) is 0 Å². The van der Waals surface area contributed by atoms with Crippen molar-refractivity contribution in [2.45, 2.75) is 0 Å². The minimum atomic E-state index is -1.18. The molecule has 0 aliphatic carbocycles. The highest BCUT2D eigenvalue weighted by Gasteiger charge is 2.13. The van der Waals surface area contributed by atoms with Crippen LogP contribution in [-0.4, -0.2) is 17.0 Å². The predicted molar refractivity (Wildman–Crippen MR) is 99.3 cm³/mol. The van der Waals surface area contributed by atoms with E-state index in [0.717, 1.165) is 15.3 Å². The lowest BCUT2D eigenvalue weighted by Gasteiger charge is -2.05. The number of thiophene rings is 1. The maximum atomic E-state index is 12.2. The van der Waals surface area contributed by atoms with E-state index in [2.05, 4.69) is 5.32 Å². The van der Waals surface area contributed by atoms with Gasteiger partial charge >= 0.3 is 5.97 Å². The number of hydrogen-bond donors (Lipinski definition) is 2. The highest BCUT2D eigenvalue weighted by Crippen LogP contribution is 2.29. The summed E-state index contributed by atoms with van der Waals surface area (Å²) in [6.45, 7) is 0. The van der Waals surface area contributed by atoms with Gasteiger partial charge < -0.3 is 10.4 Å². The van der Waals surface area contributed by atoms with Crippen LogP contribution in [0.3, 0.4) is 0 Å². The summed E-state index contributed by atoms with van der Waals surface area (Å²) in [6, 6.07) is 22.1. The number of amides is 1. The Balaban J connectivity index is 1.82. The normalized spacial score (nSPS) is 11.1. The number of carboxylic acid groups (broad SMARTS) is 1. The summed E-state index contributed by atoms with van der Waals surface area (Å²) in [4.78, 5) is 25.4. The van der Waals surface area contributed by atoms with E-state index in [1.54, 1.807) is 30.3 Å². The Morgan fingerprint density at radius 1 is 0.880 bits per heavy atom. The fourth-order valence-electron chi connectivity index (χ4n) is 2.27. The second-order valence-electron chi connectivity index (χ2n) is 5.25. The van der Waals surface area contributed by atoms with Gasteiger partial charge in [-0.2, -0.15) is 0 Å². The predicted octanol–water partition coefficient (Wildman–Crippen LogP) is 4.27. The molecular formula is C20H15NO3S. The van der Waals surface area contributed by atoms with E-state index >= 15 is 0 Å². The third kappa shape index (κ3) is 4.22. The highest BCUT2D eigenvalue weighted by atomic mass is 32.1. The van der Waals surface area contributed by atoms with Crippen molar-refractivity contribution in [1.82, 2.24) is 5.32 Å². The van der Waals surface area contributed by atoms with Crippen LogP contribution in [0.25, 0.3) is 16.5 Å². The van der Waals surface area contributed by atoms with Crippen molar-refractivity contribution in [3.8, 4) is 10.4 Å². The second-order valence-corrected chi connectivity index (χ2v) is 6.37. The first-order chi connectivity index (χ1) is 12.1. The first-order valence-electron chi connectivity index (χ1n) is 7.60. The van der Waals surface area contributed by atoms with E-state index < -0.39 is 11.9 Å². The minimum absolute atomic E-state index is 0.157. The van der Waals surface area contributed by atoms with Gasteiger partial charge in [0.1, 0.15) is 5.70 Å². The maximum absolute atomic E-state index is 12.2. The van der Waals surface area contributed by atoms with Crippen LogP contribution in [0.2, 0.25) is 0 Å². The zero-order chi connectivity index (χ0) is 17.6. The van der Waals surface area contributed by atoms with Gasteiger partial charge in [-0.15, -0.1) is 11.3 Å². The molecule has 3 aromatic rings. The van der Waals surface area contributed by atoms with Crippen molar-refractivity contribution >= 4 is 29.3 Å². The van der Waals surface area contributed by atoms with Gasteiger partial charge in [-0.05, 0) is 35.9 Å². The van der Waals surface area contributed by atoms with Crippen molar-refractivity contribution in [3.05, 3.63) is 88.9 Å². The summed E-state index contributed by atoms with van der Waals surface area (Å²) in [6.07, 6.45) is 1.47. The van der Waals surface area contributed by atoms with E-state index in [-0.39, 0.29) is 5.70 Å². The number of nitrogens with one attached hydrogen (secondary N) is 1. The van der Waals surface area contributed by atoms with E-state index in [0.29, 0.717) is 5.56 Å². The Morgan fingerprint density at radius 3 is 2.16 bits per heavy atom. The first kappa shape index (κ1) is 16.7. The number of carboxylic acids is 1. The molecule has 124 valence electrons. The van der Waals surface area contributed by atoms with Gasteiger partial charge in [-0.3, -0.25) is 4.79 Å². The molecule has 2 aromatic carbocycles. The topological polar surface area (TPSA) is 66.4 Å². The number of hydrogen-bond acceptors (Lipinski definition) is 3. The summed E-state index contributed by atoms with van der Waals surface area (Å²) in [7, 11) is 0. The Kier molecular flexibility index (Phi) is 5.06. The molecule has 0 atom stereocenters. The molecule has 0 aliphatic heterocycles. The van der Waals surface area contributed by atoms with Gasteiger partial charge in [0.15, 0.2) is 0 Å². The average Bonchev–Trinajstić information content (AvgIpc) is 3.11. The van der Waals surface area contributed by atoms with E-state index in [1.165, 1.54) is 17.4 Å². The van der Waals surface area contributed by atoms with E-state index in [9.17, 15) is 14.7 Å². The fourth-order valence-corrected chi connectivity index (χ4v) is 3.22. The summed E-state index contributed by atoms with van der Waals surface area (Å²) in [5, 5.41) is 11.8. The third-order valence-corrected chi connectivity index (χ3v) is 4.57. The van der Waals surface area contributed by atoms with Crippen molar-refractivity contribution in [2.24, 2.45) is 0 Å². The Labute approximate surface area is 149 Å². The standard InChI is InChI=1S/C20H15NO3S/c22-19(15-9-5-2-6-10-15)21-17(20(23)24)13-16-11-12-18(25-16)14-7-3-1-4-8-14/h1-13H,(H,21,22)(H,23,24)/b17-13+. The van der Waals surface area contributed by atoms with Crippen molar-refractivity contribution < 1.29 is 14.7 Å². The summed E-state index contributed by atoms with van der Waals surface area (Å²) in [5.74, 6) is -1.63. The molecule has 0 bridgehead atoms. The molecule has 1 heterocycles. The summed E-state index contributed by atoms with van der Waals surface area (Å²) in [5.41, 5.74) is 1.32. The van der Waals surface area contributed by atoms with Crippen LogP contribution in [-0.2, 0) is 4.79 Å². The molecule has 0 spiro atoms. The van der Waals surface area contributed by atoms with Crippen LogP contribution in [0.15, 0.2) is 78.5 Å². The van der Waals surface area contributed by atoms with Crippen LogP contribution in [0, 0.1) is 0 Å². The maximum Gasteiger partial charge on any atom is 0.352 e. The lowest BCUT2D eigenvalue weighted by Crippen LogP contribution is -2.27. The molecule has 25 heavy (non-hydrogen) atoms. The van der Waals surface area contributed by atoms with Crippen LogP contribution < -0.4 is 5.32 Å². The minimum Gasteiger partial charge on any atom is -0.477 e. The molecule has 2 N–H and O–H groups in total. The number of rotatable bonds is 5.